The van der Waals surface area contributed by atoms with E-state index in [0.717, 1.165) is 61.9 Å². The lowest BCUT2D eigenvalue weighted by atomic mass is 10.2. The molecule has 0 spiro atoms. The van der Waals surface area contributed by atoms with Crippen LogP contribution in [0.5, 0.6) is 5.75 Å². The number of aliphatic imine (C=N–C) groups is 1. The normalized spacial score (nSPS) is 11.5. The molecular formula is C21H32N4O2S. The van der Waals surface area contributed by atoms with Crippen LogP contribution < -0.4 is 15.4 Å². The predicted octanol–water partition coefficient (Wildman–Crippen LogP) is 4.27. The molecule has 0 atom stereocenters. The van der Waals surface area contributed by atoms with Crippen molar-refractivity contribution in [2.45, 2.75) is 39.5 Å². The monoisotopic (exact) mass is 404 g/mol. The maximum atomic E-state index is 5.76. The fourth-order valence-corrected chi connectivity index (χ4v) is 3.42. The number of rotatable bonds is 12. The Hall–Kier alpha value is -2.12. The number of hydrogen-bond acceptors (Lipinski definition) is 5. The van der Waals surface area contributed by atoms with Gasteiger partial charge in [-0.2, -0.15) is 0 Å². The van der Waals surface area contributed by atoms with Gasteiger partial charge < -0.3 is 20.1 Å². The predicted molar refractivity (Wildman–Crippen MR) is 118 cm³/mol. The van der Waals surface area contributed by atoms with Crippen molar-refractivity contribution in [3.63, 3.8) is 0 Å². The molecule has 6 nitrogen and oxygen atoms in total. The zero-order valence-electron chi connectivity index (χ0n) is 17.2. The lowest BCUT2D eigenvalue weighted by molar-refractivity contribution is 0.172. The first-order valence-corrected chi connectivity index (χ1v) is 10.8. The van der Waals surface area contributed by atoms with Gasteiger partial charge in [0.15, 0.2) is 5.96 Å². The fraction of sp³-hybridized carbons (Fsp3) is 0.524. The van der Waals surface area contributed by atoms with Crippen molar-refractivity contribution < 1.29 is 9.47 Å². The minimum absolute atomic E-state index is 0.643. The quantitative estimate of drug-likeness (QED) is 0.314. The van der Waals surface area contributed by atoms with Crippen LogP contribution in [-0.4, -0.2) is 44.4 Å². The molecule has 0 aliphatic rings. The summed E-state index contributed by atoms with van der Waals surface area (Å²) in [5, 5.41) is 9.98. The van der Waals surface area contributed by atoms with Gasteiger partial charge >= 0.3 is 0 Å². The fourth-order valence-electron chi connectivity index (χ4n) is 2.60. The lowest BCUT2D eigenvalue weighted by Crippen LogP contribution is -2.30. The highest BCUT2D eigenvalue weighted by Crippen LogP contribution is 2.17. The largest absolute Gasteiger partial charge is 0.493 e. The number of aromatic nitrogens is 1. The van der Waals surface area contributed by atoms with Crippen LogP contribution in [0.15, 0.2) is 34.6 Å². The first kappa shape index (κ1) is 22.2. The molecule has 0 saturated carbocycles. The minimum atomic E-state index is 0.643. The Labute approximate surface area is 172 Å². The second kappa shape index (κ2) is 13.1. The average Bonchev–Trinajstić information content (AvgIpc) is 3.10. The number of nitrogens with zero attached hydrogens (tertiary/aromatic N) is 2. The highest BCUT2D eigenvalue weighted by molar-refractivity contribution is 7.09. The van der Waals surface area contributed by atoms with E-state index >= 15 is 0 Å². The number of benzene rings is 1. The molecule has 2 N–H and O–H groups in total. The number of hydrogen-bond donors (Lipinski definition) is 2. The van der Waals surface area contributed by atoms with Crippen LogP contribution in [0.3, 0.4) is 0 Å². The van der Waals surface area contributed by atoms with Crippen molar-refractivity contribution in [2.75, 3.05) is 38.7 Å². The molecule has 154 valence electrons. The van der Waals surface area contributed by atoms with Gasteiger partial charge in [0, 0.05) is 56.1 Å². The number of nitrogens with one attached hydrogen (secondary N) is 2. The summed E-state index contributed by atoms with van der Waals surface area (Å²) >= 11 is 1.74. The van der Waals surface area contributed by atoms with Crippen molar-refractivity contribution >= 4 is 23.0 Å². The van der Waals surface area contributed by atoms with E-state index in [0.29, 0.717) is 13.2 Å². The van der Waals surface area contributed by atoms with Crippen LogP contribution in [0.1, 0.15) is 36.9 Å². The molecule has 0 aliphatic carbocycles. The Morgan fingerprint density at radius 3 is 2.86 bits per heavy atom. The van der Waals surface area contributed by atoms with Crippen molar-refractivity contribution in [3.8, 4) is 5.75 Å². The Morgan fingerprint density at radius 2 is 2.11 bits per heavy atom. The van der Waals surface area contributed by atoms with Crippen LogP contribution in [0.2, 0.25) is 0 Å². The molecule has 1 aromatic heterocycles. The third kappa shape index (κ3) is 8.71. The van der Waals surface area contributed by atoms with E-state index in [1.807, 2.05) is 31.2 Å². The number of aryl methyl sites for hydroxylation is 2. The summed E-state index contributed by atoms with van der Waals surface area (Å²) in [5.41, 5.74) is 2.07. The van der Waals surface area contributed by atoms with Gasteiger partial charge in [-0.25, -0.2) is 4.98 Å². The molecule has 1 heterocycles. The summed E-state index contributed by atoms with van der Waals surface area (Å²) in [6, 6.07) is 7.94. The number of unbranched alkanes of at least 4 members (excludes halogenated alkanes) is 1. The van der Waals surface area contributed by atoms with Gasteiger partial charge in [0.25, 0.3) is 0 Å². The van der Waals surface area contributed by atoms with Gasteiger partial charge in [-0.3, -0.25) is 4.99 Å². The molecule has 0 bridgehead atoms. The van der Waals surface area contributed by atoms with Crippen LogP contribution in [0.4, 0.5) is 5.69 Å². The zero-order valence-corrected chi connectivity index (χ0v) is 18.0. The van der Waals surface area contributed by atoms with Crippen molar-refractivity contribution in [1.82, 2.24) is 10.3 Å². The molecule has 0 saturated heterocycles. The summed E-state index contributed by atoms with van der Waals surface area (Å²) in [6.45, 7) is 7.06. The van der Waals surface area contributed by atoms with Gasteiger partial charge in [0.05, 0.1) is 11.6 Å². The number of guanidine groups is 1. The SMILES string of the molecule is CCNC(=NCCCCc1nc(C)cs1)Nc1cccc(OCCCOC)c1. The number of thiazole rings is 1. The van der Waals surface area contributed by atoms with E-state index in [9.17, 15) is 0 Å². The average molecular weight is 405 g/mol. The Bertz CT molecular complexity index is 718. The molecule has 1 aromatic carbocycles. The Morgan fingerprint density at radius 1 is 1.21 bits per heavy atom. The van der Waals surface area contributed by atoms with E-state index < -0.39 is 0 Å². The maximum Gasteiger partial charge on any atom is 0.195 e. The van der Waals surface area contributed by atoms with E-state index in [2.05, 4.69) is 32.9 Å². The van der Waals surface area contributed by atoms with Gasteiger partial charge in [-0.1, -0.05) is 6.07 Å². The third-order valence-corrected chi connectivity index (χ3v) is 4.96. The number of ether oxygens (including phenoxy) is 2. The first-order chi connectivity index (χ1) is 13.7. The second-order valence-corrected chi connectivity index (χ2v) is 7.39. The highest BCUT2D eigenvalue weighted by Gasteiger charge is 2.02. The van der Waals surface area contributed by atoms with Gasteiger partial charge in [-0.05, 0) is 45.2 Å². The molecule has 0 unspecified atom stereocenters. The summed E-state index contributed by atoms with van der Waals surface area (Å²) in [5.74, 6) is 1.64. The van der Waals surface area contributed by atoms with Crippen molar-refractivity contribution in [1.29, 1.82) is 0 Å². The molecule has 0 fully saturated rings. The molecule has 2 rings (SSSR count). The van der Waals surface area contributed by atoms with Crippen LogP contribution in [0.25, 0.3) is 0 Å². The molecule has 0 radical (unpaired) electrons. The first-order valence-electron chi connectivity index (χ1n) is 9.89. The number of methoxy groups -OCH3 is 1. The molecule has 2 aromatic rings. The molecule has 28 heavy (non-hydrogen) atoms. The summed E-state index contributed by atoms with van der Waals surface area (Å²) in [7, 11) is 1.70. The van der Waals surface area contributed by atoms with Gasteiger partial charge in [0.1, 0.15) is 5.75 Å². The van der Waals surface area contributed by atoms with Crippen LogP contribution >= 0.6 is 11.3 Å². The van der Waals surface area contributed by atoms with Crippen LogP contribution in [-0.2, 0) is 11.2 Å². The van der Waals surface area contributed by atoms with Gasteiger partial charge in [-0.15, -0.1) is 11.3 Å². The maximum absolute atomic E-state index is 5.76. The van der Waals surface area contributed by atoms with E-state index in [1.165, 1.54) is 5.01 Å². The number of anilines is 1. The Balaban J connectivity index is 1.79. The molecule has 7 heteroatoms. The second-order valence-electron chi connectivity index (χ2n) is 6.45. The van der Waals surface area contributed by atoms with E-state index in [-0.39, 0.29) is 0 Å². The topological polar surface area (TPSA) is 67.8 Å². The van der Waals surface area contributed by atoms with Crippen molar-refractivity contribution in [3.05, 3.63) is 40.3 Å². The molecular weight excluding hydrogens is 372 g/mol. The summed E-state index contributed by atoms with van der Waals surface area (Å²) < 4.78 is 10.8. The third-order valence-electron chi connectivity index (χ3n) is 3.94. The molecule has 0 amide bonds. The van der Waals surface area contributed by atoms with Crippen LogP contribution in [0, 0.1) is 6.92 Å². The summed E-state index contributed by atoms with van der Waals surface area (Å²) in [6.07, 6.45) is 4.04. The lowest BCUT2D eigenvalue weighted by Gasteiger charge is -2.13. The standard InChI is InChI=1S/C21H32N4O2S/c1-4-22-21(23-12-6-5-11-20-24-17(2)16-28-20)25-18-9-7-10-19(15-18)27-14-8-13-26-3/h7,9-10,15-16H,4-6,8,11-14H2,1-3H3,(H2,22,23,25). The minimum Gasteiger partial charge on any atom is -0.493 e. The van der Waals surface area contributed by atoms with Crippen molar-refractivity contribution in [2.24, 2.45) is 4.99 Å². The zero-order chi connectivity index (χ0) is 20.0. The van der Waals surface area contributed by atoms with Gasteiger partial charge in [0.2, 0.25) is 0 Å². The summed E-state index contributed by atoms with van der Waals surface area (Å²) in [4.78, 5) is 9.19. The molecule has 0 aliphatic heterocycles. The van der Waals surface area contributed by atoms with E-state index in [1.54, 1.807) is 18.4 Å². The smallest absolute Gasteiger partial charge is 0.195 e. The Kier molecular flexibility index (Phi) is 10.4. The van der Waals surface area contributed by atoms with E-state index in [4.69, 9.17) is 9.47 Å². The highest BCUT2D eigenvalue weighted by atomic mass is 32.1.